The largest absolute Gasteiger partial charge is 0.361 e. The third-order valence-electron chi connectivity index (χ3n) is 4.40. The third kappa shape index (κ3) is 5.38. The van der Waals surface area contributed by atoms with Gasteiger partial charge in [0, 0.05) is 13.2 Å². The summed E-state index contributed by atoms with van der Waals surface area (Å²) in [6, 6.07) is 8.19. The standard InChI is InChI=1S/C19H31N3O.ClH/c1-3-5-6-7-8-9-12-15-23-16-22-18-14-11-10-13-17(18)21(4-2)19(22)20;/h10-11,13-14,20H,3-9,12,15-16H2,1-2H3;1H. The molecule has 0 saturated carbocycles. The lowest BCUT2D eigenvalue weighted by atomic mass is 10.1. The smallest absolute Gasteiger partial charge is 0.204 e. The minimum atomic E-state index is 0. The first-order valence-corrected chi connectivity index (χ1v) is 9.10. The van der Waals surface area contributed by atoms with E-state index in [9.17, 15) is 0 Å². The Balaban J connectivity index is 0.00000288. The predicted octanol–water partition coefficient (Wildman–Crippen LogP) is 5.09. The fourth-order valence-corrected chi connectivity index (χ4v) is 3.06. The van der Waals surface area contributed by atoms with Crippen LogP contribution in [-0.4, -0.2) is 15.7 Å². The van der Waals surface area contributed by atoms with Gasteiger partial charge < -0.3 is 9.30 Å². The van der Waals surface area contributed by atoms with E-state index in [1.165, 1.54) is 38.5 Å². The summed E-state index contributed by atoms with van der Waals surface area (Å²) in [5, 5.41) is 8.33. The van der Waals surface area contributed by atoms with E-state index in [1.807, 2.05) is 21.3 Å². The van der Waals surface area contributed by atoms with Gasteiger partial charge >= 0.3 is 0 Å². The van der Waals surface area contributed by atoms with Gasteiger partial charge in [0.1, 0.15) is 6.73 Å². The highest BCUT2D eigenvalue weighted by molar-refractivity contribution is 5.85. The Morgan fingerprint density at radius 2 is 1.46 bits per heavy atom. The van der Waals surface area contributed by atoms with Crippen LogP contribution in [0.4, 0.5) is 0 Å². The van der Waals surface area contributed by atoms with Crippen LogP contribution in [0.3, 0.4) is 0 Å². The number of imidazole rings is 1. The molecule has 0 aliphatic heterocycles. The summed E-state index contributed by atoms with van der Waals surface area (Å²) in [7, 11) is 0. The quantitative estimate of drug-likeness (QED) is 0.562. The molecule has 0 aliphatic rings. The maximum atomic E-state index is 8.33. The molecule has 1 aromatic carbocycles. The summed E-state index contributed by atoms with van der Waals surface area (Å²) < 4.78 is 9.80. The molecular weight excluding hydrogens is 322 g/mol. The second-order valence-corrected chi connectivity index (χ2v) is 6.14. The number of benzene rings is 1. The highest BCUT2D eigenvalue weighted by Gasteiger charge is 2.08. The third-order valence-corrected chi connectivity index (χ3v) is 4.40. The zero-order valence-corrected chi connectivity index (χ0v) is 15.9. The zero-order valence-electron chi connectivity index (χ0n) is 15.1. The lowest BCUT2D eigenvalue weighted by Gasteiger charge is -2.06. The molecule has 0 fully saturated rings. The first-order valence-electron chi connectivity index (χ1n) is 9.10. The van der Waals surface area contributed by atoms with Crippen molar-refractivity contribution in [1.82, 2.24) is 9.13 Å². The molecule has 0 amide bonds. The molecule has 24 heavy (non-hydrogen) atoms. The minimum absolute atomic E-state index is 0. The van der Waals surface area contributed by atoms with E-state index in [0.29, 0.717) is 12.3 Å². The van der Waals surface area contributed by atoms with E-state index in [-0.39, 0.29) is 12.4 Å². The molecule has 2 rings (SSSR count). The molecule has 4 nitrogen and oxygen atoms in total. The molecule has 1 heterocycles. The Labute approximate surface area is 151 Å². The van der Waals surface area contributed by atoms with Crippen molar-refractivity contribution in [2.24, 2.45) is 0 Å². The van der Waals surface area contributed by atoms with Crippen molar-refractivity contribution in [3.63, 3.8) is 0 Å². The van der Waals surface area contributed by atoms with Crippen molar-refractivity contribution in [2.45, 2.75) is 72.1 Å². The maximum absolute atomic E-state index is 8.33. The summed E-state index contributed by atoms with van der Waals surface area (Å²) in [5.74, 6) is 0. The van der Waals surface area contributed by atoms with Gasteiger partial charge in [0.15, 0.2) is 0 Å². The molecule has 0 unspecified atom stereocenters. The van der Waals surface area contributed by atoms with Crippen molar-refractivity contribution in [1.29, 1.82) is 5.41 Å². The van der Waals surface area contributed by atoms with Crippen LogP contribution in [0.1, 0.15) is 58.8 Å². The molecular formula is C19H32ClN3O. The van der Waals surface area contributed by atoms with E-state index in [1.54, 1.807) is 0 Å². The van der Waals surface area contributed by atoms with Gasteiger partial charge in [0.25, 0.3) is 0 Å². The fourth-order valence-electron chi connectivity index (χ4n) is 3.06. The number of hydrogen-bond acceptors (Lipinski definition) is 2. The molecule has 0 spiro atoms. The highest BCUT2D eigenvalue weighted by Crippen LogP contribution is 2.13. The first-order chi connectivity index (χ1) is 11.3. The van der Waals surface area contributed by atoms with Gasteiger partial charge in [0.2, 0.25) is 5.62 Å². The zero-order chi connectivity index (χ0) is 16.5. The summed E-state index contributed by atoms with van der Waals surface area (Å²) >= 11 is 0. The Bertz CT molecular complexity index is 648. The molecule has 5 heteroatoms. The number of nitrogens with one attached hydrogen (secondary N) is 1. The number of hydrogen-bond donors (Lipinski definition) is 1. The second kappa shape index (κ2) is 11.3. The topological polar surface area (TPSA) is 42.9 Å². The average Bonchev–Trinajstić information content (AvgIpc) is 2.84. The summed E-state index contributed by atoms with van der Waals surface area (Å²) in [6.45, 7) is 6.40. The molecule has 0 bridgehead atoms. The fraction of sp³-hybridized carbons (Fsp3) is 0.632. The summed E-state index contributed by atoms with van der Waals surface area (Å²) in [4.78, 5) is 0. The number of aryl methyl sites for hydroxylation is 1. The number of nitrogens with zero attached hydrogens (tertiary/aromatic N) is 2. The molecule has 0 saturated heterocycles. The number of rotatable bonds is 11. The normalized spacial score (nSPS) is 10.9. The summed E-state index contributed by atoms with van der Waals surface area (Å²) in [6.07, 6.45) is 9.07. The van der Waals surface area contributed by atoms with Crippen LogP contribution >= 0.6 is 12.4 Å². The van der Waals surface area contributed by atoms with Crippen molar-refractivity contribution in [3.05, 3.63) is 29.9 Å². The van der Waals surface area contributed by atoms with Crippen LogP contribution in [0.2, 0.25) is 0 Å². The minimum Gasteiger partial charge on any atom is -0.361 e. The van der Waals surface area contributed by atoms with Crippen LogP contribution in [0.5, 0.6) is 0 Å². The Morgan fingerprint density at radius 1 is 0.875 bits per heavy atom. The average molecular weight is 354 g/mol. The van der Waals surface area contributed by atoms with Gasteiger partial charge in [-0.3, -0.25) is 9.98 Å². The Kier molecular flexibility index (Phi) is 9.80. The highest BCUT2D eigenvalue weighted by atomic mass is 35.5. The number of aromatic nitrogens is 2. The Morgan fingerprint density at radius 3 is 2.08 bits per heavy atom. The van der Waals surface area contributed by atoms with Crippen LogP contribution in [0, 0.1) is 5.41 Å². The van der Waals surface area contributed by atoms with Gasteiger partial charge in [0.05, 0.1) is 11.0 Å². The van der Waals surface area contributed by atoms with Gasteiger partial charge in [-0.2, -0.15) is 0 Å². The predicted molar refractivity (Wildman–Crippen MR) is 103 cm³/mol. The molecule has 1 aromatic heterocycles. The van der Waals surface area contributed by atoms with E-state index >= 15 is 0 Å². The maximum Gasteiger partial charge on any atom is 0.204 e. The molecule has 0 aliphatic carbocycles. The van der Waals surface area contributed by atoms with Crippen molar-refractivity contribution >= 4 is 23.4 Å². The Hall–Kier alpha value is -1.26. The van der Waals surface area contributed by atoms with E-state index in [2.05, 4.69) is 26.0 Å². The summed E-state index contributed by atoms with van der Waals surface area (Å²) in [5.41, 5.74) is 2.71. The van der Waals surface area contributed by atoms with E-state index in [0.717, 1.165) is 30.6 Å². The van der Waals surface area contributed by atoms with Crippen molar-refractivity contribution in [2.75, 3.05) is 6.61 Å². The van der Waals surface area contributed by atoms with Gasteiger partial charge in [-0.1, -0.05) is 57.6 Å². The van der Waals surface area contributed by atoms with Crippen LogP contribution in [0.25, 0.3) is 11.0 Å². The number of halogens is 1. The molecule has 0 atom stereocenters. The lowest BCUT2D eigenvalue weighted by Crippen LogP contribution is -2.25. The van der Waals surface area contributed by atoms with E-state index in [4.69, 9.17) is 10.1 Å². The second-order valence-electron chi connectivity index (χ2n) is 6.14. The molecule has 2 aromatic rings. The van der Waals surface area contributed by atoms with Gasteiger partial charge in [-0.25, -0.2) is 0 Å². The van der Waals surface area contributed by atoms with Crippen LogP contribution < -0.4 is 5.62 Å². The van der Waals surface area contributed by atoms with Crippen LogP contribution in [0.15, 0.2) is 24.3 Å². The molecule has 136 valence electrons. The number of para-hydroxylation sites is 2. The molecule has 0 radical (unpaired) electrons. The number of ether oxygens (including phenoxy) is 1. The monoisotopic (exact) mass is 353 g/mol. The van der Waals surface area contributed by atoms with E-state index < -0.39 is 0 Å². The van der Waals surface area contributed by atoms with Gasteiger partial charge in [-0.05, 0) is 25.5 Å². The molecule has 1 N–H and O–H groups in total. The number of fused-ring (bicyclic) bond motifs is 1. The van der Waals surface area contributed by atoms with Crippen molar-refractivity contribution in [3.8, 4) is 0 Å². The SMILES string of the molecule is CCCCCCCCCOCn1c(=N)n(CC)c2ccccc21.Cl. The van der Waals surface area contributed by atoms with Crippen LogP contribution in [-0.2, 0) is 18.0 Å². The number of unbranched alkanes of at least 4 members (excludes halogenated alkanes) is 6. The van der Waals surface area contributed by atoms with Crippen molar-refractivity contribution < 1.29 is 4.74 Å². The van der Waals surface area contributed by atoms with Gasteiger partial charge in [-0.15, -0.1) is 12.4 Å². The lowest BCUT2D eigenvalue weighted by molar-refractivity contribution is 0.0729. The first kappa shape index (κ1) is 20.8.